The molecule has 62 heavy (non-hydrogen) atoms. The van der Waals surface area contributed by atoms with Crippen molar-refractivity contribution < 1.29 is 27.3 Å². The highest BCUT2D eigenvalue weighted by molar-refractivity contribution is 7.85. The van der Waals surface area contributed by atoms with Crippen molar-refractivity contribution in [3.63, 3.8) is 0 Å². The number of primary amides is 2. The first-order chi connectivity index (χ1) is 28.3. The first kappa shape index (κ1) is 52.1. The molecule has 17 heteroatoms. The Morgan fingerprint density at radius 1 is 0.613 bits per heavy atom. The minimum atomic E-state index is -3.71. The zero-order valence-electron chi connectivity index (χ0n) is 32.0. The third-order valence-corrected chi connectivity index (χ3v) is 11.9. The second-order valence-electron chi connectivity index (χ2n) is 13.5. The first-order valence-electron chi connectivity index (χ1n) is 17.8. The Balaban J connectivity index is 0.000000323. The number of aromatic nitrogens is 2. The molecule has 6 aromatic rings. The van der Waals surface area contributed by atoms with E-state index in [1.165, 1.54) is 0 Å². The van der Waals surface area contributed by atoms with Crippen LogP contribution in [0.25, 0.3) is 22.5 Å². The molecule has 0 spiro atoms. The summed E-state index contributed by atoms with van der Waals surface area (Å²) in [6.07, 6.45) is 0.951. The summed E-state index contributed by atoms with van der Waals surface area (Å²) in [6.45, 7) is 3.21. The average Bonchev–Trinajstić information content (AvgIpc) is 3.18. The van der Waals surface area contributed by atoms with Gasteiger partial charge in [-0.25, -0.2) is 0 Å². The zero-order chi connectivity index (χ0) is 44.1. The van der Waals surface area contributed by atoms with Crippen LogP contribution in [0.4, 0.5) is 0 Å². The van der Waals surface area contributed by atoms with E-state index in [9.17, 15) is 23.1 Å². The summed E-state index contributed by atoms with van der Waals surface area (Å²) in [4.78, 5) is 34.2. The van der Waals surface area contributed by atoms with Gasteiger partial charge >= 0.3 is 0 Å². The van der Waals surface area contributed by atoms with Crippen molar-refractivity contribution in [2.75, 3.05) is 6.26 Å². The number of amides is 2. The quantitative estimate of drug-likeness (QED) is 0.102. The number of hydrogen-bond acceptors (Lipinski definition) is 8. The molecule has 2 atom stereocenters. The lowest BCUT2D eigenvalue weighted by Crippen LogP contribution is -2.24. The van der Waals surface area contributed by atoms with Gasteiger partial charge in [-0.05, 0) is 96.8 Å². The second kappa shape index (κ2) is 22.4. The van der Waals surface area contributed by atoms with Gasteiger partial charge in [-0.3, -0.25) is 23.7 Å². The lowest BCUT2D eigenvalue weighted by molar-refractivity contribution is -0.119. The van der Waals surface area contributed by atoms with Gasteiger partial charge in [0.15, 0.2) is 0 Å². The van der Waals surface area contributed by atoms with E-state index >= 15 is 0 Å². The minimum absolute atomic E-state index is 0. The molecule has 0 aliphatic heterocycles. The lowest BCUT2D eigenvalue weighted by Gasteiger charge is -2.19. The van der Waals surface area contributed by atoms with Gasteiger partial charge in [0.2, 0.25) is 11.8 Å². The molecule has 5 N–H and O–H groups in total. The average molecular weight is 982 g/mol. The van der Waals surface area contributed by atoms with Crippen molar-refractivity contribution in [2.24, 2.45) is 11.5 Å². The summed E-state index contributed by atoms with van der Waals surface area (Å²) in [5.74, 6) is -3.41. The third-order valence-electron chi connectivity index (χ3n) is 9.26. The molecule has 0 radical (unpaired) electrons. The topological polar surface area (TPSA) is 176 Å². The summed E-state index contributed by atoms with van der Waals surface area (Å²) >= 11 is 37.8. The van der Waals surface area contributed by atoms with Crippen molar-refractivity contribution in [1.82, 2.24) is 9.97 Å². The number of benzene rings is 4. The fourth-order valence-electron chi connectivity index (χ4n) is 6.36. The molecule has 0 aliphatic carbocycles. The van der Waals surface area contributed by atoms with E-state index in [-0.39, 0.29) is 43.8 Å². The SMILES string of the molecule is C.C.Cc1c(Cl)cccc1-c1cc(CO)cc(C(C(N)=O)c2c(Cl)cccc2Cl)n1.Cc1c(Cl)cccc1-c1cc(COS(C)(=O)=O)cc(C(C(N)=O)c2c(Cl)cccc2Cl)n1. The Labute approximate surface area is 392 Å². The fraction of sp³-hybridized carbons (Fsp3) is 0.200. The summed E-state index contributed by atoms with van der Waals surface area (Å²) in [5, 5.41) is 12.0. The number of rotatable bonds is 12. The second-order valence-corrected chi connectivity index (χ2v) is 17.5. The number of carbonyl (C=O) groups is 2. The molecule has 2 heterocycles. The predicted molar refractivity (Wildman–Crippen MR) is 253 cm³/mol. The van der Waals surface area contributed by atoms with Crippen LogP contribution in [-0.2, 0) is 37.1 Å². The maximum atomic E-state index is 12.5. The number of halogens is 6. The lowest BCUT2D eigenvalue weighted by atomic mass is 9.92. The molecular formula is C45H44Cl6N4O6S. The predicted octanol–water partition coefficient (Wildman–Crippen LogP) is 11.5. The highest BCUT2D eigenvalue weighted by atomic mass is 35.5. The molecule has 328 valence electrons. The van der Waals surface area contributed by atoms with Gasteiger partial charge < -0.3 is 16.6 Å². The van der Waals surface area contributed by atoms with Gasteiger partial charge in [0.05, 0.1) is 42.2 Å². The Morgan fingerprint density at radius 3 is 1.31 bits per heavy atom. The van der Waals surface area contributed by atoms with Crippen LogP contribution in [0.15, 0.2) is 97.1 Å². The van der Waals surface area contributed by atoms with Gasteiger partial charge in [-0.1, -0.05) is 121 Å². The van der Waals surface area contributed by atoms with Crippen molar-refractivity contribution in [3.05, 3.63) is 172 Å². The van der Waals surface area contributed by atoms with Crippen LogP contribution in [0.2, 0.25) is 30.1 Å². The van der Waals surface area contributed by atoms with Crippen LogP contribution in [0.3, 0.4) is 0 Å². The molecule has 0 saturated heterocycles. The highest BCUT2D eigenvalue weighted by Crippen LogP contribution is 2.39. The standard InChI is InChI=1S/C22H19Cl3N2O4S.C21H17Cl3N2O2.2CH4/c1-12-14(5-3-6-15(12)23)18-9-13(11-31-32(2,29)30)10-19(27-18)21(22(26)28)20-16(24)7-4-8-17(20)25;1-11-13(4-2-5-14(11)22)17-8-12(10-27)9-18(26-17)20(21(25)28)19-15(23)6-3-7-16(19)24;;/h3-10,21H,11H2,1-2H3,(H2,26,28);2-9,20,27H,10H2,1H3,(H2,25,28);2*1H4. The number of aliphatic hydroxyl groups excluding tert-OH is 1. The van der Waals surface area contributed by atoms with Crippen LogP contribution >= 0.6 is 69.6 Å². The molecule has 0 saturated carbocycles. The molecule has 4 aromatic carbocycles. The van der Waals surface area contributed by atoms with Crippen LogP contribution in [0, 0.1) is 13.8 Å². The van der Waals surface area contributed by atoms with Crippen molar-refractivity contribution in [1.29, 1.82) is 0 Å². The third kappa shape index (κ3) is 12.5. The molecular weight excluding hydrogens is 937 g/mol. The number of nitrogens with two attached hydrogens (primary N) is 2. The fourth-order valence-corrected chi connectivity index (χ4v) is 8.29. The van der Waals surface area contributed by atoms with E-state index in [0.717, 1.165) is 22.9 Å². The van der Waals surface area contributed by atoms with Gasteiger partial charge in [0, 0.05) is 52.4 Å². The normalized spacial score (nSPS) is 11.9. The maximum Gasteiger partial charge on any atom is 0.264 e. The molecule has 10 nitrogen and oxygen atoms in total. The number of aliphatic hydroxyl groups is 1. The monoisotopic (exact) mass is 978 g/mol. The number of hydrogen-bond donors (Lipinski definition) is 3. The summed E-state index contributed by atoms with van der Waals surface area (Å²) < 4.78 is 28.0. The minimum Gasteiger partial charge on any atom is -0.392 e. The zero-order valence-corrected chi connectivity index (χ0v) is 37.4. The largest absolute Gasteiger partial charge is 0.392 e. The molecule has 0 aliphatic rings. The number of carbonyl (C=O) groups excluding carboxylic acids is 2. The highest BCUT2D eigenvalue weighted by Gasteiger charge is 2.29. The van der Waals surface area contributed by atoms with E-state index in [0.29, 0.717) is 65.0 Å². The van der Waals surface area contributed by atoms with Gasteiger partial charge in [-0.15, -0.1) is 0 Å². The maximum absolute atomic E-state index is 12.5. The summed E-state index contributed by atoms with van der Waals surface area (Å²) in [6, 6.07) is 27.2. The van der Waals surface area contributed by atoms with Crippen LogP contribution in [-0.4, -0.2) is 41.6 Å². The van der Waals surface area contributed by atoms with Crippen molar-refractivity contribution in [2.45, 2.75) is 53.8 Å². The smallest absolute Gasteiger partial charge is 0.264 e. The van der Waals surface area contributed by atoms with Gasteiger partial charge in [-0.2, -0.15) is 8.42 Å². The van der Waals surface area contributed by atoms with Crippen LogP contribution in [0.5, 0.6) is 0 Å². The Morgan fingerprint density at radius 2 is 0.952 bits per heavy atom. The summed E-state index contributed by atoms with van der Waals surface area (Å²) in [7, 11) is -3.71. The van der Waals surface area contributed by atoms with E-state index in [4.69, 9.17) is 85.3 Å². The van der Waals surface area contributed by atoms with E-state index in [2.05, 4.69) is 9.97 Å². The van der Waals surface area contributed by atoms with E-state index in [1.807, 2.05) is 32.0 Å². The van der Waals surface area contributed by atoms with Gasteiger partial charge in [0.1, 0.15) is 11.8 Å². The molecule has 2 aromatic heterocycles. The van der Waals surface area contributed by atoms with Crippen LogP contribution in [0.1, 0.15) is 71.5 Å². The first-order valence-corrected chi connectivity index (χ1v) is 21.8. The number of nitrogens with zero attached hydrogens (tertiary/aromatic N) is 2. The van der Waals surface area contributed by atoms with Crippen LogP contribution < -0.4 is 11.5 Å². The molecule has 2 unspecified atom stereocenters. The van der Waals surface area contributed by atoms with Gasteiger partial charge in [0.25, 0.3) is 10.1 Å². The Bertz CT molecular complexity index is 2680. The molecule has 0 bridgehead atoms. The van der Waals surface area contributed by atoms with Crippen molar-refractivity contribution in [3.8, 4) is 22.5 Å². The van der Waals surface area contributed by atoms with E-state index < -0.39 is 33.8 Å². The summed E-state index contributed by atoms with van der Waals surface area (Å²) in [5.41, 5.74) is 17.9. The molecule has 0 fully saturated rings. The Kier molecular flexibility index (Phi) is 18.8. The van der Waals surface area contributed by atoms with Crippen molar-refractivity contribution >= 4 is 91.5 Å². The molecule has 6 rings (SSSR count). The number of pyridine rings is 2. The Hall–Kier alpha value is -4.27. The molecule has 2 amide bonds. The van der Waals surface area contributed by atoms with E-state index in [1.54, 1.807) is 78.9 Å².